The molecule has 1 unspecified atom stereocenters. The molecule has 0 radical (unpaired) electrons. The van der Waals surface area contributed by atoms with E-state index in [4.69, 9.17) is 0 Å². The van der Waals surface area contributed by atoms with Gasteiger partial charge in [0, 0.05) is 11.9 Å². The summed E-state index contributed by atoms with van der Waals surface area (Å²) in [6.45, 7) is 0. The van der Waals surface area contributed by atoms with Gasteiger partial charge in [-0.2, -0.15) is 5.10 Å². The Kier molecular flexibility index (Phi) is 2.18. The Morgan fingerprint density at radius 3 is 3.08 bits per heavy atom. The minimum Gasteiger partial charge on any atom is -0.289 e. The molecule has 5 heteroatoms. The topological polar surface area (TPSA) is 62.8 Å². The van der Waals surface area contributed by atoms with Crippen molar-refractivity contribution in [2.24, 2.45) is 0 Å². The average molecular weight is 196 g/mol. The van der Waals surface area contributed by atoms with Gasteiger partial charge in [-0.25, -0.2) is 0 Å². The molecule has 1 aliphatic rings. The second-order valence-electron chi connectivity index (χ2n) is 2.84. The number of aromatic nitrogens is 2. The quantitative estimate of drug-likeness (QED) is 0.672. The zero-order valence-electron chi connectivity index (χ0n) is 6.82. The molecule has 0 aliphatic carbocycles. The van der Waals surface area contributed by atoms with Crippen LogP contribution in [0.2, 0.25) is 0 Å². The Morgan fingerprint density at radius 2 is 2.38 bits per heavy atom. The summed E-state index contributed by atoms with van der Waals surface area (Å²) in [4.78, 5) is 22.5. The zero-order valence-corrected chi connectivity index (χ0v) is 7.63. The van der Waals surface area contributed by atoms with Crippen LogP contribution in [0.25, 0.3) is 0 Å². The van der Waals surface area contributed by atoms with Crippen LogP contribution in [0.4, 0.5) is 0 Å². The van der Waals surface area contributed by atoms with Gasteiger partial charge in [-0.15, -0.1) is 0 Å². The molecule has 2 heterocycles. The minimum atomic E-state index is -0.334. The Bertz CT molecular complexity index is 334. The van der Waals surface area contributed by atoms with E-state index in [1.165, 1.54) is 0 Å². The third kappa shape index (κ3) is 1.51. The summed E-state index contributed by atoms with van der Waals surface area (Å²) in [5, 5.41) is 6.23. The molecule has 1 fully saturated rings. The fourth-order valence-corrected chi connectivity index (χ4v) is 2.19. The van der Waals surface area contributed by atoms with Crippen LogP contribution in [0.3, 0.4) is 0 Å². The van der Waals surface area contributed by atoms with Crippen molar-refractivity contribution in [1.29, 1.82) is 0 Å². The van der Waals surface area contributed by atoms with Crippen LogP contribution in [0.15, 0.2) is 12.3 Å². The van der Waals surface area contributed by atoms with Gasteiger partial charge in [0.2, 0.25) is 5.78 Å². The minimum absolute atomic E-state index is 0.316. The third-order valence-electron chi connectivity index (χ3n) is 2.04. The molecule has 0 spiro atoms. The molecule has 1 aromatic rings. The summed E-state index contributed by atoms with van der Waals surface area (Å²) >= 11 is 1.10. The molecule has 1 atom stereocenters. The van der Waals surface area contributed by atoms with Crippen LogP contribution in [0, 0.1) is 0 Å². The predicted octanol–water partition coefficient (Wildman–Crippen LogP) is 0.726. The average Bonchev–Trinajstić information content (AvgIpc) is 2.62. The molecular formula is C8H8N2O2S. The second-order valence-corrected chi connectivity index (χ2v) is 3.91. The number of aromatic amines is 1. The van der Waals surface area contributed by atoms with Crippen molar-refractivity contribution in [3.05, 3.63) is 18.0 Å². The lowest BCUT2D eigenvalue weighted by Gasteiger charge is -2.16. The van der Waals surface area contributed by atoms with E-state index in [0.717, 1.165) is 11.8 Å². The molecule has 0 aromatic carbocycles. The summed E-state index contributed by atoms with van der Waals surface area (Å²) in [6, 6.07) is 1.74. The first-order chi connectivity index (χ1) is 6.29. The standard InChI is InChI=1S/C8H8N2O2S/c11-7-5(2-4-13-8(7)12)6-1-3-9-10-6/h1,3,5H,2,4H2,(H,9,10). The summed E-state index contributed by atoms with van der Waals surface area (Å²) in [7, 11) is 0. The molecule has 0 saturated carbocycles. The van der Waals surface area contributed by atoms with Crippen molar-refractivity contribution in [2.75, 3.05) is 5.75 Å². The second kappa shape index (κ2) is 3.33. The van der Waals surface area contributed by atoms with E-state index in [2.05, 4.69) is 10.2 Å². The summed E-state index contributed by atoms with van der Waals surface area (Å²) in [5.41, 5.74) is 0.679. The number of Topliss-reactive ketones (excluding diaryl/α,β-unsaturated/α-hetero) is 1. The number of rotatable bonds is 1. The van der Waals surface area contributed by atoms with E-state index in [1.54, 1.807) is 12.3 Å². The van der Waals surface area contributed by atoms with Crippen LogP contribution < -0.4 is 0 Å². The van der Waals surface area contributed by atoms with Crippen molar-refractivity contribution >= 4 is 22.7 Å². The Labute approximate surface area is 79.1 Å². The molecule has 4 nitrogen and oxygen atoms in total. The highest BCUT2D eigenvalue weighted by molar-refractivity contribution is 8.15. The van der Waals surface area contributed by atoms with E-state index in [-0.39, 0.29) is 16.8 Å². The number of hydrogen-bond donors (Lipinski definition) is 1. The SMILES string of the molecule is O=C1SCCC(c2cc[nH]n2)C1=O. The van der Waals surface area contributed by atoms with Gasteiger partial charge in [-0.3, -0.25) is 14.7 Å². The number of carbonyl (C=O) groups is 2. The first-order valence-corrected chi connectivity index (χ1v) is 4.98. The van der Waals surface area contributed by atoms with Gasteiger partial charge in [0.25, 0.3) is 5.12 Å². The molecule has 13 heavy (non-hydrogen) atoms. The van der Waals surface area contributed by atoms with Crippen LogP contribution in [0.1, 0.15) is 18.0 Å². The number of ketones is 1. The van der Waals surface area contributed by atoms with Crippen molar-refractivity contribution in [2.45, 2.75) is 12.3 Å². The molecule has 1 N–H and O–H groups in total. The lowest BCUT2D eigenvalue weighted by molar-refractivity contribution is -0.133. The van der Waals surface area contributed by atoms with Gasteiger partial charge in [0.1, 0.15) is 0 Å². The maximum Gasteiger partial charge on any atom is 0.255 e. The van der Waals surface area contributed by atoms with Crippen molar-refractivity contribution in [3.63, 3.8) is 0 Å². The highest BCUT2D eigenvalue weighted by atomic mass is 32.2. The predicted molar refractivity (Wildman–Crippen MR) is 48.4 cm³/mol. The Hall–Kier alpha value is -1.10. The third-order valence-corrected chi connectivity index (χ3v) is 2.94. The molecule has 1 saturated heterocycles. The van der Waals surface area contributed by atoms with E-state index >= 15 is 0 Å². The first-order valence-electron chi connectivity index (χ1n) is 3.99. The highest BCUT2D eigenvalue weighted by Gasteiger charge is 2.32. The molecule has 2 rings (SSSR count). The number of nitrogens with one attached hydrogen (secondary N) is 1. The van der Waals surface area contributed by atoms with Gasteiger partial charge in [-0.1, -0.05) is 11.8 Å². The number of H-pyrrole nitrogens is 1. The van der Waals surface area contributed by atoms with Crippen LogP contribution in [0.5, 0.6) is 0 Å². The van der Waals surface area contributed by atoms with Crippen molar-refractivity contribution < 1.29 is 9.59 Å². The summed E-state index contributed by atoms with van der Waals surface area (Å²) in [6.07, 6.45) is 2.37. The lowest BCUT2D eigenvalue weighted by atomic mass is 9.98. The smallest absolute Gasteiger partial charge is 0.255 e. The van der Waals surface area contributed by atoms with E-state index < -0.39 is 0 Å². The van der Waals surface area contributed by atoms with Gasteiger partial charge in [-0.05, 0) is 12.5 Å². The Morgan fingerprint density at radius 1 is 1.54 bits per heavy atom. The number of thioether (sulfide) groups is 1. The Balaban J connectivity index is 2.24. The molecule has 1 aliphatic heterocycles. The first kappa shape index (κ1) is 8.50. The highest BCUT2D eigenvalue weighted by Crippen LogP contribution is 2.28. The molecule has 1 aromatic heterocycles. The maximum atomic E-state index is 11.4. The summed E-state index contributed by atoms with van der Waals surface area (Å²) in [5.74, 6) is 0.0746. The monoisotopic (exact) mass is 196 g/mol. The zero-order chi connectivity index (χ0) is 9.26. The molecular weight excluding hydrogens is 188 g/mol. The van der Waals surface area contributed by atoms with E-state index in [9.17, 15) is 9.59 Å². The molecule has 0 amide bonds. The van der Waals surface area contributed by atoms with E-state index in [0.29, 0.717) is 17.9 Å². The lowest BCUT2D eigenvalue weighted by Crippen LogP contribution is -2.25. The number of carbonyl (C=O) groups excluding carboxylic acids is 2. The van der Waals surface area contributed by atoms with Crippen molar-refractivity contribution in [3.8, 4) is 0 Å². The normalized spacial score (nSPS) is 23.5. The van der Waals surface area contributed by atoms with Gasteiger partial charge >= 0.3 is 0 Å². The van der Waals surface area contributed by atoms with Gasteiger partial charge < -0.3 is 0 Å². The number of nitrogens with zero attached hydrogens (tertiary/aromatic N) is 1. The molecule has 0 bridgehead atoms. The number of hydrogen-bond acceptors (Lipinski definition) is 4. The van der Waals surface area contributed by atoms with Crippen molar-refractivity contribution in [1.82, 2.24) is 10.2 Å². The van der Waals surface area contributed by atoms with E-state index in [1.807, 2.05) is 0 Å². The maximum absolute atomic E-state index is 11.4. The van der Waals surface area contributed by atoms with Crippen LogP contribution in [-0.2, 0) is 9.59 Å². The fourth-order valence-electron chi connectivity index (χ4n) is 1.36. The van der Waals surface area contributed by atoms with Gasteiger partial charge in [0.05, 0.1) is 11.6 Å². The molecule has 68 valence electrons. The van der Waals surface area contributed by atoms with Crippen LogP contribution >= 0.6 is 11.8 Å². The van der Waals surface area contributed by atoms with Crippen LogP contribution in [-0.4, -0.2) is 26.8 Å². The summed E-state index contributed by atoms with van der Waals surface area (Å²) < 4.78 is 0. The van der Waals surface area contributed by atoms with Gasteiger partial charge in [0.15, 0.2) is 0 Å². The largest absolute Gasteiger partial charge is 0.289 e. The fraction of sp³-hybridized carbons (Fsp3) is 0.375.